The number of ether oxygens (including phenoxy) is 1. The first kappa shape index (κ1) is 9.81. The van der Waals surface area contributed by atoms with Gasteiger partial charge in [-0.15, -0.1) is 0 Å². The molecular weight excluding hydrogens is 182 g/mol. The van der Waals surface area contributed by atoms with Crippen LogP contribution in [0.25, 0.3) is 0 Å². The molecule has 0 aromatic carbocycles. The Morgan fingerprint density at radius 2 is 2.00 bits per heavy atom. The molecule has 0 radical (unpaired) electrons. The van der Waals surface area contributed by atoms with Gasteiger partial charge in [0.2, 0.25) is 0 Å². The molecule has 2 unspecified atom stereocenters. The largest absolute Gasteiger partial charge is 0.377 e. The van der Waals surface area contributed by atoms with Crippen molar-refractivity contribution in [2.75, 3.05) is 18.1 Å². The van der Waals surface area contributed by atoms with Crippen molar-refractivity contribution in [3.63, 3.8) is 0 Å². The van der Waals surface area contributed by atoms with Crippen LogP contribution in [0, 0.1) is 0 Å². The van der Waals surface area contributed by atoms with Gasteiger partial charge in [0.15, 0.2) is 0 Å². The first-order valence-electron chi connectivity index (χ1n) is 5.31. The number of hydrogen-bond acceptors (Lipinski definition) is 3. The van der Waals surface area contributed by atoms with Gasteiger partial charge in [-0.05, 0) is 37.7 Å². The van der Waals surface area contributed by atoms with Crippen LogP contribution < -0.4 is 5.32 Å². The third-order valence-corrected chi connectivity index (χ3v) is 4.10. The fourth-order valence-corrected chi connectivity index (χ4v) is 3.22. The van der Waals surface area contributed by atoms with Crippen LogP contribution in [0.3, 0.4) is 0 Å². The summed E-state index contributed by atoms with van der Waals surface area (Å²) in [5.74, 6) is 2.67. The topological polar surface area (TPSA) is 21.3 Å². The maximum Gasteiger partial charge on any atom is 0.0700 e. The molecule has 2 atom stereocenters. The summed E-state index contributed by atoms with van der Waals surface area (Å²) >= 11 is 2.09. The lowest BCUT2D eigenvalue weighted by atomic mass is 10.1. The Morgan fingerprint density at radius 3 is 2.62 bits per heavy atom. The molecule has 0 saturated carbocycles. The first-order chi connectivity index (χ1) is 6.36. The van der Waals surface area contributed by atoms with E-state index in [1.54, 1.807) is 0 Å². The van der Waals surface area contributed by atoms with Crippen molar-refractivity contribution in [1.29, 1.82) is 0 Å². The Kier molecular flexibility index (Phi) is 3.52. The highest BCUT2D eigenvalue weighted by atomic mass is 32.2. The predicted molar refractivity (Wildman–Crippen MR) is 57.3 cm³/mol. The predicted octanol–water partition coefficient (Wildman–Crippen LogP) is 1.65. The van der Waals surface area contributed by atoms with Gasteiger partial charge in [-0.25, -0.2) is 0 Å². The van der Waals surface area contributed by atoms with Gasteiger partial charge in [0, 0.05) is 18.7 Å². The Labute approximate surface area is 84.8 Å². The number of nitrogens with one attached hydrogen (secondary N) is 1. The van der Waals surface area contributed by atoms with Crippen LogP contribution in [0.5, 0.6) is 0 Å². The van der Waals surface area contributed by atoms with Gasteiger partial charge in [-0.2, -0.15) is 11.8 Å². The minimum atomic E-state index is 0.426. The van der Waals surface area contributed by atoms with Gasteiger partial charge in [0.1, 0.15) is 0 Å². The molecule has 0 spiro atoms. The van der Waals surface area contributed by atoms with Crippen LogP contribution in [0.1, 0.15) is 26.2 Å². The fourth-order valence-electron chi connectivity index (χ4n) is 2.12. The van der Waals surface area contributed by atoms with Crippen LogP contribution in [-0.4, -0.2) is 36.3 Å². The standard InChI is InChI=1S/C10H19NOS/c1-8-10(2-5-12-8)11-9-3-6-13-7-4-9/h8-11H,2-7H2,1H3. The van der Waals surface area contributed by atoms with E-state index in [-0.39, 0.29) is 0 Å². The minimum absolute atomic E-state index is 0.426. The van der Waals surface area contributed by atoms with E-state index in [9.17, 15) is 0 Å². The van der Waals surface area contributed by atoms with E-state index < -0.39 is 0 Å². The Balaban J connectivity index is 1.75. The summed E-state index contributed by atoms with van der Waals surface area (Å²) in [6, 6.07) is 1.38. The average Bonchev–Trinajstić information content (AvgIpc) is 2.54. The monoisotopic (exact) mass is 201 g/mol. The molecule has 0 aromatic heterocycles. The molecule has 0 amide bonds. The minimum Gasteiger partial charge on any atom is -0.377 e. The molecule has 2 aliphatic rings. The molecule has 1 N–H and O–H groups in total. The van der Waals surface area contributed by atoms with Crippen molar-refractivity contribution in [3.05, 3.63) is 0 Å². The smallest absolute Gasteiger partial charge is 0.0700 e. The molecule has 0 aliphatic carbocycles. The molecule has 2 saturated heterocycles. The van der Waals surface area contributed by atoms with Gasteiger partial charge in [-0.3, -0.25) is 0 Å². The van der Waals surface area contributed by atoms with Crippen molar-refractivity contribution < 1.29 is 4.74 Å². The molecule has 3 heteroatoms. The van der Waals surface area contributed by atoms with Gasteiger partial charge < -0.3 is 10.1 Å². The summed E-state index contributed by atoms with van der Waals surface area (Å²) in [4.78, 5) is 0. The Morgan fingerprint density at radius 1 is 1.23 bits per heavy atom. The second kappa shape index (κ2) is 4.67. The van der Waals surface area contributed by atoms with E-state index in [0.717, 1.165) is 12.6 Å². The first-order valence-corrected chi connectivity index (χ1v) is 6.47. The second-order valence-corrected chi connectivity index (χ2v) is 5.25. The molecule has 2 aliphatic heterocycles. The lowest BCUT2D eigenvalue weighted by Crippen LogP contribution is -2.43. The zero-order valence-electron chi connectivity index (χ0n) is 8.29. The number of thioether (sulfide) groups is 1. The van der Waals surface area contributed by atoms with E-state index in [1.165, 1.54) is 30.8 Å². The SMILES string of the molecule is CC1OCCC1NC1CCSCC1. The van der Waals surface area contributed by atoms with Gasteiger partial charge in [0.25, 0.3) is 0 Å². The van der Waals surface area contributed by atoms with Crippen molar-refractivity contribution in [3.8, 4) is 0 Å². The molecule has 76 valence electrons. The third-order valence-electron chi connectivity index (χ3n) is 3.05. The normalized spacial score (nSPS) is 36.7. The van der Waals surface area contributed by atoms with E-state index in [2.05, 4.69) is 24.0 Å². The summed E-state index contributed by atoms with van der Waals surface area (Å²) < 4.78 is 5.54. The molecular formula is C10H19NOS. The molecule has 0 bridgehead atoms. The fraction of sp³-hybridized carbons (Fsp3) is 1.00. The van der Waals surface area contributed by atoms with Crippen LogP contribution in [-0.2, 0) is 4.74 Å². The molecule has 2 heterocycles. The van der Waals surface area contributed by atoms with E-state index >= 15 is 0 Å². The highest BCUT2D eigenvalue weighted by Crippen LogP contribution is 2.20. The van der Waals surface area contributed by atoms with E-state index in [4.69, 9.17) is 4.74 Å². The maximum absolute atomic E-state index is 5.54. The third kappa shape index (κ3) is 2.61. The number of hydrogen-bond donors (Lipinski definition) is 1. The van der Waals surface area contributed by atoms with Gasteiger partial charge >= 0.3 is 0 Å². The molecule has 2 rings (SSSR count). The van der Waals surface area contributed by atoms with Crippen molar-refractivity contribution >= 4 is 11.8 Å². The average molecular weight is 201 g/mol. The van der Waals surface area contributed by atoms with Gasteiger partial charge in [0.05, 0.1) is 6.10 Å². The zero-order valence-corrected chi connectivity index (χ0v) is 9.11. The summed E-state index contributed by atoms with van der Waals surface area (Å²) in [6.45, 7) is 3.13. The second-order valence-electron chi connectivity index (χ2n) is 4.02. The summed E-state index contributed by atoms with van der Waals surface area (Å²) in [5, 5.41) is 3.73. The molecule has 0 aromatic rings. The maximum atomic E-state index is 5.54. The van der Waals surface area contributed by atoms with Gasteiger partial charge in [-0.1, -0.05) is 0 Å². The Bertz CT molecular complexity index is 159. The summed E-state index contributed by atoms with van der Waals surface area (Å²) in [7, 11) is 0. The van der Waals surface area contributed by atoms with Crippen molar-refractivity contribution in [2.45, 2.75) is 44.4 Å². The lowest BCUT2D eigenvalue weighted by molar-refractivity contribution is 0.110. The summed E-state index contributed by atoms with van der Waals surface area (Å²) in [6.07, 6.45) is 4.31. The van der Waals surface area contributed by atoms with E-state index in [1.807, 2.05) is 0 Å². The Hall–Kier alpha value is 0.270. The molecule has 2 nitrogen and oxygen atoms in total. The molecule has 13 heavy (non-hydrogen) atoms. The van der Waals surface area contributed by atoms with Crippen LogP contribution in [0.4, 0.5) is 0 Å². The van der Waals surface area contributed by atoms with Crippen LogP contribution in [0.2, 0.25) is 0 Å². The number of rotatable bonds is 2. The highest BCUT2D eigenvalue weighted by Gasteiger charge is 2.26. The van der Waals surface area contributed by atoms with E-state index in [0.29, 0.717) is 12.1 Å². The zero-order chi connectivity index (χ0) is 9.10. The molecule has 2 fully saturated rings. The van der Waals surface area contributed by atoms with Crippen molar-refractivity contribution in [2.24, 2.45) is 0 Å². The summed E-state index contributed by atoms with van der Waals surface area (Å²) in [5.41, 5.74) is 0. The van der Waals surface area contributed by atoms with Crippen LogP contribution >= 0.6 is 11.8 Å². The van der Waals surface area contributed by atoms with Crippen LogP contribution in [0.15, 0.2) is 0 Å². The van der Waals surface area contributed by atoms with Crippen molar-refractivity contribution in [1.82, 2.24) is 5.32 Å². The lowest BCUT2D eigenvalue weighted by Gasteiger charge is -2.27. The quantitative estimate of drug-likeness (QED) is 0.734. The highest BCUT2D eigenvalue weighted by molar-refractivity contribution is 7.99.